The fourth-order valence-electron chi connectivity index (χ4n) is 2.21. The van der Waals surface area contributed by atoms with Crippen LogP contribution >= 0.6 is 11.8 Å². The monoisotopic (exact) mass is 263 g/mol. The maximum absolute atomic E-state index is 5.75. The standard InChI is InChI=1S/C13H17N3OS/c14-10-2-3-12-11(8-10)15-13(17-12)9-16-4-1-6-18-7-5-16/h2-3,8H,1,4-7,9,14H2. The molecular weight excluding hydrogens is 246 g/mol. The third-order valence-electron chi connectivity index (χ3n) is 3.13. The molecule has 1 fully saturated rings. The molecule has 1 aliphatic rings. The van der Waals surface area contributed by atoms with E-state index in [0.29, 0.717) is 0 Å². The van der Waals surface area contributed by atoms with Gasteiger partial charge in [-0.15, -0.1) is 0 Å². The molecule has 0 spiro atoms. The Labute approximate surface area is 111 Å². The van der Waals surface area contributed by atoms with Gasteiger partial charge >= 0.3 is 0 Å². The summed E-state index contributed by atoms with van der Waals surface area (Å²) in [5, 5.41) is 0. The van der Waals surface area contributed by atoms with Crippen LogP contribution in [0, 0.1) is 0 Å². The number of hydrogen-bond acceptors (Lipinski definition) is 5. The summed E-state index contributed by atoms with van der Waals surface area (Å²) in [5.41, 5.74) is 8.15. The number of anilines is 1. The van der Waals surface area contributed by atoms with Gasteiger partial charge in [0.2, 0.25) is 5.89 Å². The Morgan fingerprint density at radius 3 is 3.22 bits per heavy atom. The van der Waals surface area contributed by atoms with E-state index in [1.165, 1.54) is 17.9 Å². The summed E-state index contributed by atoms with van der Waals surface area (Å²) in [6.07, 6.45) is 1.25. The lowest BCUT2D eigenvalue weighted by atomic mass is 10.3. The van der Waals surface area contributed by atoms with Crippen LogP contribution in [0.4, 0.5) is 5.69 Å². The Morgan fingerprint density at radius 2 is 2.28 bits per heavy atom. The highest BCUT2D eigenvalue weighted by Gasteiger charge is 2.13. The smallest absolute Gasteiger partial charge is 0.209 e. The van der Waals surface area contributed by atoms with Gasteiger partial charge in [0, 0.05) is 18.0 Å². The Hall–Kier alpha value is -1.20. The minimum atomic E-state index is 0.730. The zero-order chi connectivity index (χ0) is 12.4. The summed E-state index contributed by atoms with van der Waals surface area (Å²) in [4.78, 5) is 6.91. The number of thioether (sulfide) groups is 1. The van der Waals surface area contributed by atoms with Gasteiger partial charge in [0.15, 0.2) is 5.58 Å². The zero-order valence-corrected chi connectivity index (χ0v) is 11.1. The Balaban J connectivity index is 1.77. The van der Waals surface area contributed by atoms with Crippen molar-refractivity contribution >= 4 is 28.5 Å². The molecule has 1 aliphatic heterocycles. The molecule has 5 heteroatoms. The van der Waals surface area contributed by atoms with Crippen LogP contribution in [0.15, 0.2) is 22.6 Å². The molecule has 0 amide bonds. The lowest BCUT2D eigenvalue weighted by Crippen LogP contribution is -2.25. The van der Waals surface area contributed by atoms with Crippen LogP contribution in [0.25, 0.3) is 11.1 Å². The molecule has 1 aromatic heterocycles. The molecule has 96 valence electrons. The summed E-state index contributed by atoms with van der Waals surface area (Å²) >= 11 is 2.03. The van der Waals surface area contributed by atoms with Crippen LogP contribution < -0.4 is 5.73 Å². The second-order valence-electron chi connectivity index (χ2n) is 4.58. The van der Waals surface area contributed by atoms with E-state index in [0.717, 1.165) is 42.3 Å². The minimum Gasteiger partial charge on any atom is -0.439 e. The quantitative estimate of drug-likeness (QED) is 0.843. The minimum absolute atomic E-state index is 0.730. The lowest BCUT2D eigenvalue weighted by molar-refractivity contribution is 0.260. The summed E-state index contributed by atoms with van der Waals surface area (Å²) in [6.45, 7) is 3.05. The fourth-order valence-corrected chi connectivity index (χ4v) is 3.13. The van der Waals surface area contributed by atoms with E-state index >= 15 is 0 Å². The highest BCUT2D eigenvalue weighted by atomic mass is 32.2. The zero-order valence-electron chi connectivity index (χ0n) is 10.3. The number of aromatic nitrogens is 1. The third kappa shape index (κ3) is 2.62. The van der Waals surface area contributed by atoms with Crippen molar-refractivity contribution in [2.24, 2.45) is 0 Å². The molecule has 0 radical (unpaired) electrons. The van der Waals surface area contributed by atoms with Crippen molar-refractivity contribution in [1.29, 1.82) is 0 Å². The molecule has 0 aliphatic carbocycles. The topological polar surface area (TPSA) is 55.3 Å². The van der Waals surface area contributed by atoms with E-state index in [4.69, 9.17) is 10.2 Å². The second-order valence-corrected chi connectivity index (χ2v) is 5.80. The average Bonchev–Trinajstić information content (AvgIpc) is 2.57. The van der Waals surface area contributed by atoms with E-state index in [-0.39, 0.29) is 0 Å². The highest BCUT2D eigenvalue weighted by molar-refractivity contribution is 7.99. The predicted molar refractivity (Wildman–Crippen MR) is 75.6 cm³/mol. The molecule has 1 aromatic carbocycles. The van der Waals surface area contributed by atoms with E-state index in [1.807, 2.05) is 30.0 Å². The summed E-state index contributed by atoms with van der Waals surface area (Å²) < 4.78 is 5.75. The van der Waals surface area contributed by atoms with Crippen molar-refractivity contribution < 1.29 is 4.42 Å². The Morgan fingerprint density at radius 1 is 1.33 bits per heavy atom. The summed E-state index contributed by atoms with van der Waals surface area (Å²) in [5.74, 6) is 3.26. The Bertz CT molecular complexity index is 532. The van der Waals surface area contributed by atoms with Gasteiger partial charge in [0.05, 0.1) is 6.54 Å². The van der Waals surface area contributed by atoms with Crippen molar-refractivity contribution in [3.8, 4) is 0 Å². The van der Waals surface area contributed by atoms with Crippen LogP contribution in [0.1, 0.15) is 12.3 Å². The maximum atomic E-state index is 5.75. The number of fused-ring (bicyclic) bond motifs is 1. The normalized spacial score (nSPS) is 18.0. The molecule has 2 aromatic rings. The van der Waals surface area contributed by atoms with Gasteiger partial charge in [-0.3, -0.25) is 4.90 Å². The van der Waals surface area contributed by atoms with Crippen molar-refractivity contribution in [2.45, 2.75) is 13.0 Å². The van der Waals surface area contributed by atoms with Crippen LogP contribution in [0.2, 0.25) is 0 Å². The number of rotatable bonds is 2. The van der Waals surface area contributed by atoms with Crippen molar-refractivity contribution in [3.63, 3.8) is 0 Å². The van der Waals surface area contributed by atoms with Crippen LogP contribution in [0.3, 0.4) is 0 Å². The predicted octanol–water partition coefficient (Wildman–Crippen LogP) is 2.35. The van der Waals surface area contributed by atoms with Gasteiger partial charge < -0.3 is 10.2 Å². The van der Waals surface area contributed by atoms with Gasteiger partial charge in [0.1, 0.15) is 5.52 Å². The van der Waals surface area contributed by atoms with E-state index in [1.54, 1.807) is 0 Å². The van der Waals surface area contributed by atoms with Gasteiger partial charge in [-0.2, -0.15) is 11.8 Å². The first-order valence-electron chi connectivity index (χ1n) is 6.26. The average molecular weight is 263 g/mol. The lowest BCUT2D eigenvalue weighted by Gasteiger charge is -2.16. The Kier molecular flexibility index (Phi) is 3.43. The molecule has 4 nitrogen and oxygen atoms in total. The van der Waals surface area contributed by atoms with E-state index in [2.05, 4.69) is 9.88 Å². The fraction of sp³-hybridized carbons (Fsp3) is 0.462. The first-order valence-corrected chi connectivity index (χ1v) is 7.42. The van der Waals surface area contributed by atoms with Crippen LogP contribution in [-0.4, -0.2) is 34.5 Å². The second kappa shape index (κ2) is 5.20. The first-order chi connectivity index (χ1) is 8.81. The van der Waals surface area contributed by atoms with Gasteiger partial charge in [-0.25, -0.2) is 4.98 Å². The van der Waals surface area contributed by atoms with Gasteiger partial charge in [-0.05, 0) is 36.9 Å². The molecule has 0 saturated carbocycles. The maximum Gasteiger partial charge on any atom is 0.209 e. The van der Waals surface area contributed by atoms with E-state index < -0.39 is 0 Å². The number of hydrogen-bond donors (Lipinski definition) is 1. The molecule has 2 N–H and O–H groups in total. The number of nitrogen functional groups attached to an aromatic ring is 1. The molecule has 0 unspecified atom stereocenters. The molecule has 3 rings (SSSR count). The molecule has 0 bridgehead atoms. The largest absolute Gasteiger partial charge is 0.439 e. The number of nitrogens with two attached hydrogens (primary N) is 1. The van der Waals surface area contributed by atoms with Crippen LogP contribution in [-0.2, 0) is 6.54 Å². The third-order valence-corrected chi connectivity index (χ3v) is 4.18. The van der Waals surface area contributed by atoms with Crippen molar-refractivity contribution in [3.05, 3.63) is 24.1 Å². The van der Waals surface area contributed by atoms with Gasteiger partial charge in [0.25, 0.3) is 0 Å². The molecule has 0 atom stereocenters. The highest BCUT2D eigenvalue weighted by Crippen LogP contribution is 2.20. The van der Waals surface area contributed by atoms with Crippen molar-refractivity contribution in [2.75, 3.05) is 30.3 Å². The van der Waals surface area contributed by atoms with E-state index in [9.17, 15) is 0 Å². The summed E-state index contributed by atoms with van der Waals surface area (Å²) in [7, 11) is 0. The molecule has 1 saturated heterocycles. The molecule has 2 heterocycles. The first kappa shape index (κ1) is 11.9. The SMILES string of the molecule is Nc1ccc2oc(CN3CCCSCC3)nc2c1. The number of oxazole rings is 1. The molecule has 18 heavy (non-hydrogen) atoms. The van der Waals surface area contributed by atoms with Crippen molar-refractivity contribution in [1.82, 2.24) is 9.88 Å². The molecular formula is C13H17N3OS. The van der Waals surface area contributed by atoms with Crippen LogP contribution in [0.5, 0.6) is 0 Å². The summed E-state index contributed by atoms with van der Waals surface area (Å²) in [6, 6.07) is 5.60. The van der Waals surface area contributed by atoms with Gasteiger partial charge in [-0.1, -0.05) is 0 Å². The number of benzene rings is 1. The number of nitrogens with zero attached hydrogens (tertiary/aromatic N) is 2.